The fraction of sp³-hybridized carbons (Fsp3) is 0. The molecule has 0 aliphatic rings. The van der Waals surface area contributed by atoms with Crippen molar-refractivity contribution in [3.63, 3.8) is 0 Å². The maximum atomic E-state index is 2.40. The van der Waals surface area contributed by atoms with Crippen LogP contribution in [0, 0.1) is 0 Å². The monoisotopic (exact) mass is 623 g/mol. The van der Waals surface area contributed by atoms with Crippen molar-refractivity contribution in [1.29, 1.82) is 0 Å². The van der Waals surface area contributed by atoms with Crippen molar-refractivity contribution in [2.24, 2.45) is 0 Å². The summed E-state index contributed by atoms with van der Waals surface area (Å²) in [6, 6.07) is 72.4. The van der Waals surface area contributed by atoms with Crippen LogP contribution in [0.25, 0.3) is 65.7 Å². The molecule has 0 radical (unpaired) electrons. The van der Waals surface area contributed by atoms with Crippen molar-refractivity contribution >= 4 is 49.4 Å². The van der Waals surface area contributed by atoms with Gasteiger partial charge in [0.15, 0.2) is 0 Å². The summed E-state index contributed by atoms with van der Waals surface area (Å²) in [5.41, 5.74) is 10.6. The van der Waals surface area contributed by atoms with Gasteiger partial charge in [-0.2, -0.15) is 0 Å². The van der Waals surface area contributed by atoms with Crippen molar-refractivity contribution < 1.29 is 0 Å². The third-order valence-corrected chi connectivity index (χ3v) is 9.66. The number of para-hydroxylation sites is 1. The van der Waals surface area contributed by atoms with Crippen LogP contribution in [0.4, 0.5) is 17.1 Å². The average molecular weight is 624 g/mol. The fourth-order valence-corrected chi connectivity index (χ4v) is 7.30. The highest BCUT2D eigenvalue weighted by Crippen LogP contribution is 2.44. The summed E-state index contributed by atoms with van der Waals surface area (Å²) in [6.07, 6.45) is 0. The van der Waals surface area contributed by atoms with E-state index in [1.807, 2.05) is 0 Å². The molecule has 0 fully saturated rings. The summed E-state index contributed by atoms with van der Waals surface area (Å²) in [7, 11) is 0. The molecule has 0 saturated heterocycles. The van der Waals surface area contributed by atoms with E-state index in [9.17, 15) is 0 Å². The lowest BCUT2D eigenvalue weighted by molar-refractivity contribution is 1.28. The molecule has 0 aliphatic carbocycles. The number of benzene rings is 9. The van der Waals surface area contributed by atoms with Crippen molar-refractivity contribution in [3.8, 4) is 33.4 Å². The Morgan fingerprint density at radius 3 is 1.53 bits per heavy atom. The van der Waals surface area contributed by atoms with E-state index in [2.05, 4.69) is 205 Å². The molecule has 1 nitrogen and oxygen atoms in total. The first kappa shape index (κ1) is 28.8. The van der Waals surface area contributed by atoms with Crippen LogP contribution in [0.5, 0.6) is 0 Å². The van der Waals surface area contributed by atoms with E-state index >= 15 is 0 Å². The van der Waals surface area contributed by atoms with Gasteiger partial charge in [0.05, 0.1) is 5.69 Å². The van der Waals surface area contributed by atoms with E-state index in [1.165, 1.54) is 65.7 Å². The molecular weight excluding hydrogens is 591 g/mol. The number of hydrogen-bond donors (Lipinski definition) is 0. The van der Waals surface area contributed by atoms with Gasteiger partial charge in [-0.1, -0.05) is 164 Å². The van der Waals surface area contributed by atoms with Crippen LogP contribution in [0.15, 0.2) is 200 Å². The third-order valence-electron chi connectivity index (χ3n) is 9.66. The van der Waals surface area contributed by atoms with E-state index in [1.54, 1.807) is 0 Å². The summed E-state index contributed by atoms with van der Waals surface area (Å²) in [5.74, 6) is 0. The first-order valence-corrected chi connectivity index (χ1v) is 16.9. The van der Waals surface area contributed by atoms with Gasteiger partial charge in [0, 0.05) is 16.9 Å². The molecule has 0 aliphatic heterocycles. The standard InChI is InChI=1S/C48H33N/c1-2-13-34(14-3-1)35-25-29-39(30-26-35)49(48-24-11-10-22-46(48)44-23-12-17-36-15-4-6-18-41(36)44)40-31-27-37(28-32-40)47-33-38-16-5-7-19-42(38)43-20-8-9-21-45(43)47/h1-33H. The minimum atomic E-state index is 1.11. The molecule has 0 aromatic heterocycles. The highest BCUT2D eigenvalue weighted by molar-refractivity contribution is 6.13. The fourth-order valence-electron chi connectivity index (χ4n) is 7.30. The molecule has 0 bridgehead atoms. The Labute approximate surface area is 287 Å². The SMILES string of the molecule is c1ccc(-c2ccc(N(c3ccc(-c4cc5ccccc5c5ccccc45)cc3)c3ccccc3-c3cccc4ccccc34)cc2)cc1. The maximum Gasteiger partial charge on any atom is 0.0540 e. The van der Waals surface area contributed by atoms with E-state index in [4.69, 9.17) is 0 Å². The number of hydrogen-bond acceptors (Lipinski definition) is 1. The van der Waals surface area contributed by atoms with Crippen molar-refractivity contribution in [2.45, 2.75) is 0 Å². The second kappa shape index (κ2) is 12.3. The van der Waals surface area contributed by atoms with Gasteiger partial charge < -0.3 is 4.90 Å². The molecule has 0 amide bonds. The molecule has 1 heteroatoms. The smallest absolute Gasteiger partial charge is 0.0540 e. The van der Waals surface area contributed by atoms with Crippen LogP contribution in [0.1, 0.15) is 0 Å². The first-order valence-electron chi connectivity index (χ1n) is 16.9. The van der Waals surface area contributed by atoms with Crippen molar-refractivity contribution in [2.75, 3.05) is 4.90 Å². The van der Waals surface area contributed by atoms with Crippen LogP contribution in [-0.4, -0.2) is 0 Å². The van der Waals surface area contributed by atoms with E-state index in [-0.39, 0.29) is 0 Å². The largest absolute Gasteiger partial charge is 0.310 e. The molecule has 0 atom stereocenters. The average Bonchev–Trinajstić information content (AvgIpc) is 3.19. The quantitative estimate of drug-likeness (QED) is 0.167. The zero-order valence-corrected chi connectivity index (χ0v) is 27.0. The van der Waals surface area contributed by atoms with Gasteiger partial charge in [-0.05, 0) is 96.5 Å². The van der Waals surface area contributed by atoms with Crippen molar-refractivity contribution in [3.05, 3.63) is 200 Å². The minimum absolute atomic E-state index is 1.11. The van der Waals surface area contributed by atoms with E-state index in [0.717, 1.165) is 17.1 Å². The molecule has 0 saturated carbocycles. The summed E-state index contributed by atoms with van der Waals surface area (Å²) < 4.78 is 0. The molecule has 230 valence electrons. The number of anilines is 3. The molecule has 0 N–H and O–H groups in total. The van der Waals surface area contributed by atoms with Gasteiger partial charge >= 0.3 is 0 Å². The first-order chi connectivity index (χ1) is 24.3. The van der Waals surface area contributed by atoms with Crippen LogP contribution in [-0.2, 0) is 0 Å². The van der Waals surface area contributed by atoms with E-state index < -0.39 is 0 Å². The summed E-state index contributed by atoms with van der Waals surface area (Å²) in [4.78, 5) is 2.40. The molecule has 9 rings (SSSR count). The Kier molecular flexibility index (Phi) is 7.22. The second-order valence-electron chi connectivity index (χ2n) is 12.5. The van der Waals surface area contributed by atoms with Gasteiger partial charge in [0.1, 0.15) is 0 Å². The Balaban J connectivity index is 1.21. The number of fused-ring (bicyclic) bond motifs is 4. The lowest BCUT2D eigenvalue weighted by Gasteiger charge is -2.28. The Morgan fingerprint density at radius 2 is 0.776 bits per heavy atom. The minimum Gasteiger partial charge on any atom is -0.310 e. The van der Waals surface area contributed by atoms with Crippen LogP contribution < -0.4 is 4.90 Å². The Hall–Kier alpha value is -6.44. The molecule has 49 heavy (non-hydrogen) atoms. The number of nitrogens with zero attached hydrogens (tertiary/aromatic N) is 1. The number of rotatable bonds is 6. The highest BCUT2D eigenvalue weighted by Gasteiger charge is 2.19. The third kappa shape index (κ3) is 5.23. The second-order valence-corrected chi connectivity index (χ2v) is 12.5. The molecule has 9 aromatic carbocycles. The summed E-state index contributed by atoms with van der Waals surface area (Å²) >= 11 is 0. The zero-order chi connectivity index (χ0) is 32.6. The maximum absolute atomic E-state index is 2.40. The Bertz CT molecular complexity index is 2580. The molecule has 0 spiro atoms. The topological polar surface area (TPSA) is 3.24 Å². The lowest BCUT2D eigenvalue weighted by atomic mass is 9.93. The Morgan fingerprint density at radius 1 is 0.265 bits per heavy atom. The van der Waals surface area contributed by atoms with Crippen LogP contribution in [0.3, 0.4) is 0 Å². The zero-order valence-electron chi connectivity index (χ0n) is 27.0. The van der Waals surface area contributed by atoms with Gasteiger partial charge in [-0.3, -0.25) is 0 Å². The molecule has 0 heterocycles. The van der Waals surface area contributed by atoms with Gasteiger partial charge in [-0.15, -0.1) is 0 Å². The predicted molar refractivity (Wildman–Crippen MR) is 210 cm³/mol. The van der Waals surface area contributed by atoms with Gasteiger partial charge in [-0.25, -0.2) is 0 Å². The summed E-state index contributed by atoms with van der Waals surface area (Å²) in [5, 5.41) is 7.57. The van der Waals surface area contributed by atoms with Crippen LogP contribution >= 0.6 is 0 Å². The molecule has 0 unspecified atom stereocenters. The highest BCUT2D eigenvalue weighted by atomic mass is 15.1. The normalized spacial score (nSPS) is 11.3. The van der Waals surface area contributed by atoms with E-state index in [0.29, 0.717) is 0 Å². The molecular formula is C48H33N. The predicted octanol–water partition coefficient (Wildman–Crippen LogP) is 13.6. The van der Waals surface area contributed by atoms with Crippen LogP contribution in [0.2, 0.25) is 0 Å². The van der Waals surface area contributed by atoms with Gasteiger partial charge in [0.2, 0.25) is 0 Å². The molecule has 9 aromatic rings. The van der Waals surface area contributed by atoms with Gasteiger partial charge in [0.25, 0.3) is 0 Å². The lowest BCUT2D eigenvalue weighted by Crippen LogP contribution is -2.11. The van der Waals surface area contributed by atoms with Crippen molar-refractivity contribution in [1.82, 2.24) is 0 Å². The summed E-state index contributed by atoms with van der Waals surface area (Å²) in [6.45, 7) is 0.